The SMILES string of the molecule is CC(C)c1nc(-c2cccc([N+](=O)[O-])c2)cs1. The van der Waals surface area contributed by atoms with E-state index in [0.717, 1.165) is 16.3 Å². The van der Waals surface area contributed by atoms with Gasteiger partial charge in [0.15, 0.2) is 0 Å². The van der Waals surface area contributed by atoms with Crippen LogP contribution in [0.5, 0.6) is 0 Å². The zero-order valence-electron chi connectivity index (χ0n) is 9.58. The average Bonchev–Trinajstić information content (AvgIpc) is 2.78. The molecule has 4 nitrogen and oxygen atoms in total. The first-order valence-corrected chi connectivity index (χ1v) is 6.16. The highest BCUT2D eigenvalue weighted by molar-refractivity contribution is 7.10. The molecule has 1 heterocycles. The van der Waals surface area contributed by atoms with Gasteiger partial charge in [-0.3, -0.25) is 10.1 Å². The number of thiazole rings is 1. The number of hydrogen-bond donors (Lipinski definition) is 0. The number of hydrogen-bond acceptors (Lipinski definition) is 4. The van der Waals surface area contributed by atoms with Crippen molar-refractivity contribution in [1.29, 1.82) is 0 Å². The van der Waals surface area contributed by atoms with Crippen LogP contribution in [-0.2, 0) is 0 Å². The third-order valence-corrected chi connectivity index (χ3v) is 3.51. The van der Waals surface area contributed by atoms with E-state index in [1.165, 1.54) is 6.07 Å². The van der Waals surface area contributed by atoms with Gasteiger partial charge in [-0.1, -0.05) is 26.0 Å². The molecule has 0 spiro atoms. The van der Waals surface area contributed by atoms with E-state index in [-0.39, 0.29) is 10.6 Å². The molecule has 0 fully saturated rings. The summed E-state index contributed by atoms with van der Waals surface area (Å²) in [5.74, 6) is 0.382. The summed E-state index contributed by atoms with van der Waals surface area (Å²) in [5, 5.41) is 13.7. The van der Waals surface area contributed by atoms with Crippen LogP contribution < -0.4 is 0 Å². The fourth-order valence-corrected chi connectivity index (χ4v) is 2.31. The van der Waals surface area contributed by atoms with Crippen LogP contribution in [0, 0.1) is 10.1 Å². The normalized spacial score (nSPS) is 10.8. The first-order chi connectivity index (χ1) is 8.08. The lowest BCUT2D eigenvalue weighted by Crippen LogP contribution is -1.89. The zero-order valence-corrected chi connectivity index (χ0v) is 10.4. The lowest BCUT2D eigenvalue weighted by molar-refractivity contribution is -0.384. The maximum atomic E-state index is 10.7. The number of non-ortho nitro benzene ring substituents is 1. The van der Waals surface area contributed by atoms with Crippen LogP contribution in [0.4, 0.5) is 5.69 Å². The molecule has 0 radical (unpaired) electrons. The van der Waals surface area contributed by atoms with Crippen molar-refractivity contribution in [3.63, 3.8) is 0 Å². The summed E-state index contributed by atoms with van der Waals surface area (Å²) in [6.07, 6.45) is 0. The van der Waals surface area contributed by atoms with E-state index >= 15 is 0 Å². The second-order valence-corrected chi connectivity index (χ2v) is 4.92. The molecule has 0 saturated carbocycles. The molecule has 0 amide bonds. The van der Waals surface area contributed by atoms with Gasteiger partial charge >= 0.3 is 0 Å². The Morgan fingerprint density at radius 3 is 2.76 bits per heavy atom. The van der Waals surface area contributed by atoms with Crippen molar-refractivity contribution < 1.29 is 4.92 Å². The Morgan fingerprint density at radius 1 is 1.41 bits per heavy atom. The van der Waals surface area contributed by atoms with Crippen LogP contribution in [0.2, 0.25) is 0 Å². The molecule has 2 aromatic rings. The first kappa shape index (κ1) is 11.7. The maximum Gasteiger partial charge on any atom is 0.270 e. The first-order valence-electron chi connectivity index (χ1n) is 5.28. The molecule has 1 aromatic heterocycles. The third-order valence-electron chi connectivity index (χ3n) is 2.37. The second-order valence-electron chi connectivity index (χ2n) is 4.03. The predicted molar refractivity (Wildman–Crippen MR) is 68.3 cm³/mol. The van der Waals surface area contributed by atoms with Crippen LogP contribution in [0.25, 0.3) is 11.3 Å². The number of aromatic nitrogens is 1. The van der Waals surface area contributed by atoms with Crippen LogP contribution >= 0.6 is 11.3 Å². The van der Waals surface area contributed by atoms with Crippen molar-refractivity contribution >= 4 is 17.0 Å². The Bertz CT molecular complexity index is 549. The minimum atomic E-state index is -0.390. The molecule has 0 aliphatic carbocycles. The average molecular weight is 248 g/mol. The number of rotatable bonds is 3. The van der Waals surface area contributed by atoms with E-state index < -0.39 is 0 Å². The third kappa shape index (κ3) is 2.50. The van der Waals surface area contributed by atoms with E-state index in [1.54, 1.807) is 23.5 Å². The topological polar surface area (TPSA) is 56.0 Å². The lowest BCUT2D eigenvalue weighted by atomic mass is 10.1. The van der Waals surface area contributed by atoms with Crippen LogP contribution in [0.15, 0.2) is 29.6 Å². The standard InChI is InChI=1S/C12H12N2O2S/c1-8(2)12-13-11(7-17-12)9-4-3-5-10(6-9)14(15)16/h3-8H,1-2H3. The Hall–Kier alpha value is -1.75. The van der Waals surface area contributed by atoms with Gasteiger partial charge in [0.1, 0.15) is 0 Å². The van der Waals surface area contributed by atoms with Crippen molar-refractivity contribution in [2.24, 2.45) is 0 Å². The van der Waals surface area contributed by atoms with Gasteiger partial charge in [0, 0.05) is 29.0 Å². The van der Waals surface area contributed by atoms with E-state index in [0.29, 0.717) is 5.92 Å². The van der Waals surface area contributed by atoms with Crippen LogP contribution in [0.3, 0.4) is 0 Å². The summed E-state index contributed by atoms with van der Waals surface area (Å²) in [7, 11) is 0. The highest BCUT2D eigenvalue weighted by Crippen LogP contribution is 2.28. The molecule has 0 saturated heterocycles. The number of benzene rings is 1. The number of nitro benzene ring substituents is 1. The molecule has 0 bridgehead atoms. The molecule has 0 atom stereocenters. The summed E-state index contributed by atoms with van der Waals surface area (Å²) < 4.78 is 0. The second kappa shape index (κ2) is 4.63. The lowest BCUT2D eigenvalue weighted by Gasteiger charge is -1.98. The fourth-order valence-electron chi connectivity index (χ4n) is 1.46. The summed E-state index contributed by atoms with van der Waals surface area (Å²) in [5.41, 5.74) is 1.70. The Balaban J connectivity index is 2.38. The van der Waals surface area contributed by atoms with Crippen LogP contribution in [-0.4, -0.2) is 9.91 Å². The van der Waals surface area contributed by atoms with E-state index in [2.05, 4.69) is 18.8 Å². The monoisotopic (exact) mass is 248 g/mol. The van der Waals surface area contributed by atoms with Gasteiger partial charge in [0.25, 0.3) is 5.69 Å². The van der Waals surface area contributed by atoms with E-state index in [9.17, 15) is 10.1 Å². The summed E-state index contributed by atoms with van der Waals surface area (Å²) in [6.45, 7) is 4.16. The molecule has 0 unspecified atom stereocenters. The summed E-state index contributed by atoms with van der Waals surface area (Å²) in [4.78, 5) is 14.8. The molecular formula is C12H12N2O2S. The van der Waals surface area contributed by atoms with Gasteiger partial charge < -0.3 is 0 Å². The maximum absolute atomic E-state index is 10.7. The predicted octanol–water partition coefficient (Wildman–Crippen LogP) is 3.84. The van der Waals surface area contributed by atoms with Crippen molar-refractivity contribution in [2.45, 2.75) is 19.8 Å². The van der Waals surface area contributed by atoms with Gasteiger partial charge in [-0.25, -0.2) is 4.98 Å². The summed E-state index contributed by atoms with van der Waals surface area (Å²) >= 11 is 1.59. The summed E-state index contributed by atoms with van der Waals surface area (Å²) in [6, 6.07) is 6.56. The van der Waals surface area contributed by atoms with Gasteiger partial charge in [0.2, 0.25) is 0 Å². The Kier molecular flexibility index (Phi) is 3.19. The smallest absolute Gasteiger partial charge is 0.258 e. The molecule has 0 N–H and O–H groups in total. The Morgan fingerprint density at radius 2 is 2.18 bits per heavy atom. The molecule has 1 aromatic carbocycles. The fraction of sp³-hybridized carbons (Fsp3) is 0.250. The number of nitro groups is 1. The van der Waals surface area contributed by atoms with Gasteiger partial charge in [-0.05, 0) is 0 Å². The van der Waals surface area contributed by atoms with Crippen molar-refractivity contribution in [2.75, 3.05) is 0 Å². The van der Waals surface area contributed by atoms with Crippen molar-refractivity contribution in [1.82, 2.24) is 4.98 Å². The molecular weight excluding hydrogens is 236 g/mol. The van der Waals surface area contributed by atoms with Crippen LogP contribution in [0.1, 0.15) is 24.8 Å². The highest BCUT2D eigenvalue weighted by Gasteiger charge is 2.11. The molecule has 2 rings (SSSR count). The van der Waals surface area contributed by atoms with E-state index in [4.69, 9.17) is 0 Å². The van der Waals surface area contributed by atoms with E-state index in [1.807, 2.05) is 11.4 Å². The quantitative estimate of drug-likeness (QED) is 0.612. The Labute approximate surface area is 103 Å². The van der Waals surface area contributed by atoms with Gasteiger partial charge in [-0.15, -0.1) is 11.3 Å². The minimum Gasteiger partial charge on any atom is -0.258 e. The molecule has 88 valence electrons. The van der Waals surface area contributed by atoms with Gasteiger partial charge in [-0.2, -0.15) is 0 Å². The zero-order chi connectivity index (χ0) is 12.4. The largest absolute Gasteiger partial charge is 0.270 e. The highest BCUT2D eigenvalue weighted by atomic mass is 32.1. The number of nitrogens with zero attached hydrogens (tertiary/aromatic N) is 2. The molecule has 0 aliphatic heterocycles. The molecule has 17 heavy (non-hydrogen) atoms. The molecule has 0 aliphatic rings. The van der Waals surface area contributed by atoms with Crippen molar-refractivity contribution in [3.05, 3.63) is 44.8 Å². The van der Waals surface area contributed by atoms with Crippen molar-refractivity contribution in [3.8, 4) is 11.3 Å². The molecule has 5 heteroatoms. The van der Waals surface area contributed by atoms with Gasteiger partial charge in [0.05, 0.1) is 15.6 Å². The minimum absolute atomic E-state index is 0.0987.